The van der Waals surface area contributed by atoms with Crippen molar-refractivity contribution in [3.8, 4) is 6.07 Å². The van der Waals surface area contributed by atoms with Crippen molar-refractivity contribution in [1.29, 1.82) is 5.26 Å². The Kier molecular flexibility index (Phi) is 4.47. The molecule has 0 spiro atoms. The van der Waals surface area contributed by atoms with Gasteiger partial charge < -0.3 is 15.5 Å². The van der Waals surface area contributed by atoms with Crippen LogP contribution in [-0.2, 0) is 4.79 Å². The van der Waals surface area contributed by atoms with Crippen LogP contribution >= 0.6 is 0 Å². The molecule has 1 saturated carbocycles. The smallest absolute Gasteiger partial charge is 0.317 e. The summed E-state index contributed by atoms with van der Waals surface area (Å²) in [5, 5.41) is 14.9. The van der Waals surface area contributed by atoms with Crippen LogP contribution in [-0.4, -0.2) is 36.0 Å². The van der Waals surface area contributed by atoms with Crippen molar-refractivity contribution in [2.75, 3.05) is 18.4 Å². The maximum atomic E-state index is 12.4. The minimum atomic E-state index is -0.119. The van der Waals surface area contributed by atoms with Gasteiger partial charge in [-0.25, -0.2) is 4.79 Å². The number of anilines is 1. The summed E-state index contributed by atoms with van der Waals surface area (Å²) < 4.78 is 0. The fourth-order valence-corrected chi connectivity index (χ4v) is 2.76. The van der Waals surface area contributed by atoms with Gasteiger partial charge in [0.05, 0.1) is 11.3 Å². The number of hydrogen-bond acceptors (Lipinski definition) is 3. The maximum Gasteiger partial charge on any atom is 0.317 e. The van der Waals surface area contributed by atoms with Crippen LogP contribution in [0, 0.1) is 17.2 Å². The first-order chi connectivity index (χ1) is 11.2. The second kappa shape index (κ2) is 6.69. The molecule has 3 amide bonds. The van der Waals surface area contributed by atoms with Gasteiger partial charge in [0.25, 0.3) is 0 Å². The predicted molar refractivity (Wildman–Crippen MR) is 85.6 cm³/mol. The lowest BCUT2D eigenvalue weighted by Gasteiger charge is -2.31. The quantitative estimate of drug-likeness (QED) is 0.896. The number of nitriles is 1. The molecule has 0 bridgehead atoms. The largest absolute Gasteiger partial charge is 0.335 e. The van der Waals surface area contributed by atoms with Crippen LogP contribution in [0.4, 0.5) is 10.5 Å². The standard InChI is InChI=1S/C17H20N4O2/c18-11-13-3-1-2-4-15(13)20-16(22)12-7-9-21(10-8-12)17(23)19-14-5-6-14/h1-4,12,14H,5-10H2,(H,19,23)(H,20,22). The van der Waals surface area contributed by atoms with Crippen LogP contribution in [0.25, 0.3) is 0 Å². The fraction of sp³-hybridized carbons (Fsp3) is 0.471. The SMILES string of the molecule is N#Cc1ccccc1NC(=O)C1CCN(C(=O)NC2CC2)CC1. The summed E-state index contributed by atoms with van der Waals surface area (Å²) >= 11 is 0. The number of rotatable bonds is 3. The maximum absolute atomic E-state index is 12.4. The molecule has 1 aliphatic heterocycles. The molecule has 2 fully saturated rings. The van der Waals surface area contributed by atoms with E-state index in [0.717, 1.165) is 12.8 Å². The number of nitrogens with one attached hydrogen (secondary N) is 2. The highest BCUT2D eigenvalue weighted by Gasteiger charge is 2.30. The zero-order valence-corrected chi connectivity index (χ0v) is 12.9. The van der Waals surface area contributed by atoms with E-state index in [0.29, 0.717) is 43.2 Å². The van der Waals surface area contributed by atoms with E-state index in [9.17, 15) is 9.59 Å². The molecule has 1 aliphatic carbocycles. The molecular formula is C17H20N4O2. The van der Waals surface area contributed by atoms with Gasteiger partial charge in [-0.2, -0.15) is 5.26 Å². The summed E-state index contributed by atoms with van der Waals surface area (Å²) in [7, 11) is 0. The van der Waals surface area contributed by atoms with Crippen LogP contribution in [0.3, 0.4) is 0 Å². The van der Waals surface area contributed by atoms with Gasteiger partial charge >= 0.3 is 6.03 Å². The Balaban J connectivity index is 1.52. The van der Waals surface area contributed by atoms with Crippen molar-refractivity contribution in [3.05, 3.63) is 29.8 Å². The minimum absolute atomic E-state index is 0.0128. The van der Waals surface area contributed by atoms with Crippen LogP contribution < -0.4 is 10.6 Å². The Morgan fingerprint density at radius 1 is 1.13 bits per heavy atom. The second-order valence-electron chi connectivity index (χ2n) is 6.13. The Labute approximate surface area is 135 Å². The molecule has 0 unspecified atom stereocenters. The first kappa shape index (κ1) is 15.3. The zero-order valence-electron chi connectivity index (χ0n) is 12.9. The minimum Gasteiger partial charge on any atom is -0.335 e. The number of amides is 3. The van der Waals surface area contributed by atoms with Gasteiger partial charge in [-0.3, -0.25) is 4.79 Å². The van der Waals surface area contributed by atoms with Crippen LogP contribution in [0.15, 0.2) is 24.3 Å². The van der Waals surface area contributed by atoms with Gasteiger partial charge in [0.15, 0.2) is 0 Å². The van der Waals surface area contributed by atoms with Crippen molar-refractivity contribution in [2.24, 2.45) is 5.92 Å². The van der Waals surface area contributed by atoms with Crippen molar-refractivity contribution < 1.29 is 9.59 Å². The van der Waals surface area contributed by atoms with E-state index < -0.39 is 0 Å². The van der Waals surface area contributed by atoms with Gasteiger partial charge in [0.1, 0.15) is 6.07 Å². The molecule has 120 valence electrons. The van der Waals surface area contributed by atoms with E-state index in [1.54, 1.807) is 29.2 Å². The third kappa shape index (κ3) is 3.81. The highest BCUT2D eigenvalue weighted by Crippen LogP contribution is 2.23. The number of para-hydroxylation sites is 1. The number of urea groups is 1. The summed E-state index contributed by atoms with van der Waals surface area (Å²) in [6.45, 7) is 1.19. The monoisotopic (exact) mass is 312 g/mol. The Bertz CT molecular complexity index is 640. The second-order valence-corrected chi connectivity index (χ2v) is 6.13. The van der Waals surface area contributed by atoms with E-state index in [4.69, 9.17) is 5.26 Å². The van der Waals surface area contributed by atoms with Crippen LogP contribution in [0.1, 0.15) is 31.2 Å². The molecule has 1 aromatic carbocycles. The molecule has 6 heteroatoms. The van der Waals surface area contributed by atoms with Gasteiger partial charge in [-0.1, -0.05) is 12.1 Å². The molecule has 6 nitrogen and oxygen atoms in total. The third-order valence-electron chi connectivity index (χ3n) is 4.36. The summed E-state index contributed by atoms with van der Waals surface area (Å²) in [4.78, 5) is 26.1. The molecule has 1 heterocycles. The molecule has 23 heavy (non-hydrogen) atoms. The summed E-state index contributed by atoms with van der Waals surface area (Å²) in [5.41, 5.74) is 1.01. The molecule has 3 rings (SSSR count). The molecule has 2 aliphatic rings. The van der Waals surface area contributed by atoms with Gasteiger partial charge in [0.2, 0.25) is 5.91 Å². The van der Waals surface area contributed by atoms with Gasteiger partial charge in [-0.05, 0) is 37.8 Å². The molecular weight excluding hydrogens is 292 g/mol. The summed E-state index contributed by atoms with van der Waals surface area (Å²) in [5.74, 6) is -0.193. The molecule has 1 saturated heterocycles. The number of likely N-dealkylation sites (tertiary alicyclic amines) is 1. The van der Waals surface area contributed by atoms with Crippen molar-refractivity contribution >= 4 is 17.6 Å². The average Bonchev–Trinajstić information content (AvgIpc) is 3.39. The lowest BCUT2D eigenvalue weighted by molar-refractivity contribution is -0.121. The topological polar surface area (TPSA) is 85.2 Å². The highest BCUT2D eigenvalue weighted by molar-refractivity contribution is 5.94. The summed E-state index contributed by atoms with van der Waals surface area (Å²) in [6.07, 6.45) is 3.45. The number of nitrogens with zero attached hydrogens (tertiary/aromatic N) is 2. The highest BCUT2D eigenvalue weighted by atomic mass is 16.2. The van der Waals surface area contributed by atoms with Crippen LogP contribution in [0.5, 0.6) is 0 Å². The lowest BCUT2D eigenvalue weighted by Crippen LogP contribution is -2.46. The fourth-order valence-electron chi connectivity index (χ4n) is 2.76. The molecule has 0 radical (unpaired) electrons. The molecule has 2 N–H and O–H groups in total. The number of hydrogen-bond donors (Lipinski definition) is 2. The van der Waals surface area contributed by atoms with E-state index in [-0.39, 0.29) is 17.9 Å². The Morgan fingerprint density at radius 3 is 2.48 bits per heavy atom. The van der Waals surface area contributed by atoms with Gasteiger partial charge in [-0.15, -0.1) is 0 Å². The van der Waals surface area contributed by atoms with E-state index in [2.05, 4.69) is 16.7 Å². The first-order valence-electron chi connectivity index (χ1n) is 8.03. The third-order valence-corrected chi connectivity index (χ3v) is 4.36. The van der Waals surface area contributed by atoms with E-state index in [1.165, 1.54) is 0 Å². The van der Waals surface area contributed by atoms with E-state index >= 15 is 0 Å². The molecule has 0 aromatic heterocycles. The Hall–Kier alpha value is -2.55. The molecule has 0 atom stereocenters. The number of carbonyl (C=O) groups is 2. The number of carbonyl (C=O) groups excluding carboxylic acids is 2. The number of piperidine rings is 1. The predicted octanol–water partition coefficient (Wildman–Crippen LogP) is 2.08. The zero-order chi connectivity index (χ0) is 16.2. The Morgan fingerprint density at radius 2 is 1.83 bits per heavy atom. The van der Waals surface area contributed by atoms with Crippen molar-refractivity contribution in [1.82, 2.24) is 10.2 Å². The number of benzene rings is 1. The molecule has 1 aromatic rings. The average molecular weight is 312 g/mol. The van der Waals surface area contributed by atoms with Crippen LogP contribution in [0.2, 0.25) is 0 Å². The lowest BCUT2D eigenvalue weighted by atomic mass is 9.96. The van der Waals surface area contributed by atoms with Gasteiger partial charge in [0, 0.05) is 25.0 Å². The van der Waals surface area contributed by atoms with Crippen molar-refractivity contribution in [2.45, 2.75) is 31.7 Å². The van der Waals surface area contributed by atoms with E-state index in [1.807, 2.05) is 0 Å². The summed E-state index contributed by atoms with van der Waals surface area (Å²) in [6, 6.07) is 9.39. The first-order valence-corrected chi connectivity index (χ1v) is 8.03. The normalized spacial score (nSPS) is 18.1. The van der Waals surface area contributed by atoms with Crippen molar-refractivity contribution in [3.63, 3.8) is 0 Å².